The lowest BCUT2D eigenvalue weighted by Gasteiger charge is -2.16. The summed E-state index contributed by atoms with van der Waals surface area (Å²) in [4.78, 5) is 28.3. The molecule has 2 aromatic carbocycles. The molecule has 0 saturated heterocycles. The number of nitrogens with zero attached hydrogens (tertiary/aromatic N) is 4. The molecule has 1 aliphatic heterocycles. The molecule has 186 valence electrons. The molecule has 0 fully saturated rings. The average molecular weight is 537 g/mol. The van der Waals surface area contributed by atoms with Crippen molar-refractivity contribution in [3.05, 3.63) is 99.7 Å². The third-order valence-corrected chi connectivity index (χ3v) is 6.75. The highest BCUT2D eigenvalue weighted by Crippen LogP contribution is 2.39. The molecule has 4 aromatic rings. The third kappa shape index (κ3) is 4.08. The van der Waals surface area contributed by atoms with Crippen LogP contribution in [-0.2, 0) is 16.0 Å². The van der Waals surface area contributed by atoms with Gasteiger partial charge < -0.3 is 5.11 Å². The molecule has 0 bridgehead atoms. The van der Waals surface area contributed by atoms with Gasteiger partial charge in [0.15, 0.2) is 12.4 Å². The minimum absolute atomic E-state index is 0.0326. The van der Waals surface area contributed by atoms with E-state index in [1.54, 1.807) is 31.5 Å². The first kappa shape index (κ1) is 24.7. The van der Waals surface area contributed by atoms with E-state index in [1.807, 2.05) is 13.0 Å². The van der Waals surface area contributed by atoms with Crippen LogP contribution in [0, 0.1) is 12.7 Å². The van der Waals surface area contributed by atoms with Gasteiger partial charge in [-0.2, -0.15) is 9.67 Å². The van der Waals surface area contributed by atoms with Crippen LogP contribution in [0.25, 0.3) is 17.0 Å². The number of carbonyl (C=O) groups is 2. The van der Waals surface area contributed by atoms with Crippen molar-refractivity contribution in [3.8, 4) is 11.6 Å². The molecule has 2 amide bonds. The zero-order valence-corrected chi connectivity index (χ0v) is 21.2. The fourth-order valence-electron chi connectivity index (χ4n) is 4.30. The quantitative estimate of drug-likeness (QED) is 0.278. The molecular weight excluding hydrogens is 518 g/mol. The zero-order valence-electron chi connectivity index (χ0n) is 19.7. The Morgan fingerprint density at radius 1 is 1.03 bits per heavy atom. The van der Waals surface area contributed by atoms with Crippen molar-refractivity contribution < 1.29 is 23.7 Å². The molecule has 0 aliphatic carbocycles. The van der Waals surface area contributed by atoms with E-state index in [2.05, 4.69) is 5.10 Å². The monoisotopic (exact) mass is 536 g/mol. The van der Waals surface area contributed by atoms with Crippen LogP contribution in [-0.4, -0.2) is 21.6 Å². The second-order valence-corrected chi connectivity index (χ2v) is 9.21. The van der Waals surface area contributed by atoms with Gasteiger partial charge in [0.1, 0.15) is 11.4 Å². The van der Waals surface area contributed by atoms with Crippen LogP contribution in [0.3, 0.4) is 0 Å². The Balaban J connectivity index is 1.79. The maximum Gasteiger partial charge on any atom is 0.331 e. The van der Waals surface area contributed by atoms with Crippen LogP contribution in [0.2, 0.25) is 10.0 Å². The van der Waals surface area contributed by atoms with E-state index in [0.29, 0.717) is 16.4 Å². The molecule has 0 spiro atoms. The number of aromatic nitrogens is 3. The molecule has 10 heteroatoms. The number of halogens is 3. The number of hydrogen-bond acceptors (Lipinski definition) is 4. The second kappa shape index (κ2) is 9.46. The predicted octanol–water partition coefficient (Wildman–Crippen LogP) is 4.49. The number of hydrogen-bond donors (Lipinski definition) is 0. The molecule has 37 heavy (non-hydrogen) atoms. The molecule has 2 aromatic heterocycles. The number of anilines is 1. The van der Waals surface area contributed by atoms with E-state index in [-0.39, 0.29) is 34.0 Å². The highest BCUT2D eigenvalue weighted by molar-refractivity contribution is 6.53. The summed E-state index contributed by atoms with van der Waals surface area (Å²) in [5, 5.41) is 18.7. The number of imide groups is 1. The predicted molar refractivity (Wildman–Crippen MR) is 136 cm³/mol. The minimum atomic E-state index is -0.820. The van der Waals surface area contributed by atoms with E-state index >= 15 is 0 Å². The molecule has 0 radical (unpaired) electrons. The van der Waals surface area contributed by atoms with Gasteiger partial charge in [0, 0.05) is 17.2 Å². The third-order valence-electron chi connectivity index (χ3n) is 6.01. The van der Waals surface area contributed by atoms with Crippen molar-refractivity contribution in [1.29, 1.82) is 0 Å². The Bertz CT molecular complexity index is 1630. The van der Waals surface area contributed by atoms with Gasteiger partial charge >= 0.3 is 5.91 Å². The number of para-hydroxylation sites is 1. The largest absolute Gasteiger partial charge is 0.858 e. The lowest BCUT2D eigenvalue weighted by molar-refractivity contribution is -0.577. The van der Waals surface area contributed by atoms with E-state index in [4.69, 9.17) is 23.2 Å². The molecule has 0 atom stereocenters. The van der Waals surface area contributed by atoms with Crippen molar-refractivity contribution in [2.24, 2.45) is 0 Å². The normalized spacial score (nSPS) is 13.7. The van der Waals surface area contributed by atoms with Gasteiger partial charge in [-0.3, -0.25) is 9.59 Å². The summed E-state index contributed by atoms with van der Waals surface area (Å²) in [5.41, 5.74) is 0.982. The summed E-state index contributed by atoms with van der Waals surface area (Å²) in [5.74, 6) is -2.94. The SMILES string of the molecule is CCc1nn(-c2ccc(Cl)c(Cl)c2)c([O-])c1C1=C([n+]2cccc(C)c2)C(=O)N(c2ccccc2F)C1=O. The van der Waals surface area contributed by atoms with Crippen molar-refractivity contribution in [2.75, 3.05) is 4.90 Å². The summed E-state index contributed by atoms with van der Waals surface area (Å²) in [7, 11) is 0. The number of aryl methyl sites for hydroxylation is 2. The summed E-state index contributed by atoms with van der Waals surface area (Å²) in [6.45, 7) is 3.60. The fourth-order valence-corrected chi connectivity index (χ4v) is 4.60. The van der Waals surface area contributed by atoms with E-state index in [1.165, 1.54) is 34.9 Å². The molecular formula is C27H19Cl2FN4O3. The van der Waals surface area contributed by atoms with Gasteiger partial charge in [-0.1, -0.05) is 42.3 Å². The van der Waals surface area contributed by atoms with Crippen LogP contribution < -0.4 is 14.6 Å². The molecule has 0 N–H and O–H groups in total. The molecule has 1 aliphatic rings. The molecule has 0 unspecified atom stereocenters. The Labute approximate surface area is 221 Å². The van der Waals surface area contributed by atoms with Crippen molar-refractivity contribution in [1.82, 2.24) is 9.78 Å². The minimum Gasteiger partial charge on any atom is -0.858 e. The summed E-state index contributed by atoms with van der Waals surface area (Å²) in [6.07, 6.45) is 3.54. The summed E-state index contributed by atoms with van der Waals surface area (Å²) >= 11 is 12.2. The highest BCUT2D eigenvalue weighted by atomic mass is 35.5. The average Bonchev–Trinajstić information content (AvgIpc) is 3.33. The smallest absolute Gasteiger partial charge is 0.331 e. The van der Waals surface area contributed by atoms with Gasteiger partial charge in [-0.05, 0) is 55.6 Å². The van der Waals surface area contributed by atoms with Crippen LogP contribution in [0.1, 0.15) is 23.7 Å². The number of pyridine rings is 1. The van der Waals surface area contributed by atoms with Crippen LogP contribution >= 0.6 is 23.2 Å². The summed E-state index contributed by atoms with van der Waals surface area (Å²) < 4.78 is 17.3. The second-order valence-electron chi connectivity index (χ2n) is 8.40. The Morgan fingerprint density at radius 2 is 1.78 bits per heavy atom. The number of carbonyl (C=O) groups excluding carboxylic acids is 2. The van der Waals surface area contributed by atoms with E-state index < -0.39 is 23.5 Å². The molecule has 5 rings (SSSR count). The van der Waals surface area contributed by atoms with Crippen molar-refractivity contribution >= 4 is 52.0 Å². The van der Waals surface area contributed by atoms with E-state index in [0.717, 1.165) is 21.2 Å². The van der Waals surface area contributed by atoms with Gasteiger partial charge in [0.25, 0.3) is 11.6 Å². The van der Waals surface area contributed by atoms with Gasteiger partial charge in [-0.15, -0.1) is 0 Å². The Hall–Kier alpha value is -4.01. The maximum absolute atomic E-state index is 14.8. The first-order valence-corrected chi connectivity index (χ1v) is 12.1. The van der Waals surface area contributed by atoms with Gasteiger partial charge in [0.2, 0.25) is 0 Å². The lowest BCUT2D eigenvalue weighted by Crippen LogP contribution is -2.40. The lowest BCUT2D eigenvalue weighted by atomic mass is 10.0. The Kier molecular flexibility index (Phi) is 6.31. The fraction of sp³-hybridized carbons (Fsp3) is 0.111. The first-order valence-electron chi connectivity index (χ1n) is 11.3. The van der Waals surface area contributed by atoms with Gasteiger partial charge in [0.05, 0.1) is 27.1 Å². The van der Waals surface area contributed by atoms with Gasteiger partial charge in [-0.25, -0.2) is 14.0 Å². The highest BCUT2D eigenvalue weighted by Gasteiger charge is 2.48. The summed E-state index contributed by atoms with van der Waals surface area (Å²) in [6, 6.07) is 13.6. The van der Waals surface area contributed by atoms with Crippen molar-refractivity contribution in [2.45, 2.75) is 20.3 Å². The molecule has 3 heterocycles. The molecule has 7 nitrogen and oxygen atoms in total. The molecule has 0 saturated carbocycles. The number of benzene rings is 2. The maximum atomic E-state index is 14.8. The van der Waals surface area contributed by atoms with Crippen LogP contribution in [0.15, 0.2) is 67.0 Å². The van der Waals surface area contributed by atoms with Crippen LogP contribution in [0.5, 0.6) is 5.88 Å². The zero-order chi connectivity index (χ0) is 26.4. The first-order chi connectivity index (χ1) is 17.7. The topological polar surface area (TPSA) is 82.1 Å². The van der Waals surface area contributed by atoms with Crippen molar-refractivity contribution in [3.63, 3.8) is 0 Å². The number of amides is 2. The number of rotatable bonds is 5. The Morgan fingerprint density at radius 3 is 2.46 bits per heavy atom. The van der Waals surface area contributed by atoms with Crippen LogP contribution in [0.4, 0.5) is 10.1 Å². The standard InChI is InChI=1S/C27H19Cl2FN4O3/c1-3-20-22(26(36)34(31-20)16-10-11-17(28)18(29)13-16)23-24(32-12-6-7-15(2)14-32)27(37)33(25(23)35)21-9-5-4-8-19(21)30/h4-14H,3H2,1-2H3. The van der Waals surface area contributed by atoms with E-state index in [9.17, 15) is 19.1 Å².